The Kier molecular flexibility index (Phi) is 2.15. The third-order valence-corrected chi connectivity index (χ3v) is 6.31. The summed E-state index contributed by atoms with van der Waals surface area (Å²) in [7, 11) is 0. The summed E-state index contributed by atoms with van der Waals surface area (Å²) in [6, 6.07) is 21.0. The van der Waals surface area contributed by atoms with Crippen LogP contribution in [0.4, 0.5) is 11.4 Å². The normalized spacial score (nSPS) is 12.2. The van der Waals surface area contributed by atoms with Gasteiger partial charge in [0.05, 0.1) is 10.8 Å². The monoisotopic (exact) mass is 354 g/mol. The van der Waals surface area contributed by atoms with Crippen LogP contribution in [0, 0.1) is 10.8 Å². The van der Waals surface area contributed by atoms with E-state index in [4.69, 9.17) is 0 Å². The van der Waals surface area contributed by atoms with Crippen LogP contribution >= 0.6 is 0 Å². The molecule has 124 valence electrons. The summed E-state index contributed by atoms with van der Waals surface area (Å²) < 4.78 is 0. The molecule has 4 heteroatoms. The van der Waals surface area contributed by atoms with Crippen LogP contribution in [0.15, 0.2) is 60.7 Å². The number of hydrogen-bond acceptors (Lipinski definition) is 2. The maximum atomic E-state index is 9.76. The zero-order valence-corrected chi connectivity index (χ0v) is 14.6. The molecule has 0 atom stereocenters. The molecular weight excluding hydrogens is 344 g/mol. The average molecular weight is 354 g/mol. The lowest BCUT2D eigenvalue weighted by Gasteiger charge is -2.19. The Morgan fingerprint density at radius 1 is 0.393 bits per heavy atom. The molecule has 0 heterocycles. The highest BCUT2D eigenvalue weighted by Gasteiger charge is 2.36. The topological polar surface area (TPSA) is 56.3 Å². The van der Waals surface area contributed by atoms with Crippen LogP contribution in [-0.2, 0) is 0 Å². The minimum Gasteiger partial charge on any atom is -0.0537 e. The lowest BCUT2D eigenvalue weighted by molar-refractivity contribution is 1.45. The number of nitrogens with zero attached hydrogens (tertiary/aromatic N) is 4. The molecular formula is C24H10N4+2. The van der Waals surface area contributed by atoms with Gasteiger partial charge in [0.1, 0.15) is 0 Å². The molecule has 0 fully saturated rings. The molecule has 0 spiro atoms. The van der Waals surface area contributed by atoms with Crippen molar-refractivity contribution in [1.82, 2.24) is 0 Å². The molecule has 0 amide bonds. The van der Waals surface area contributed by atoms with Gasteiger partial charge in [-0.3, -0.25) is 0 Å². The molecule has 28 heavy (non-hydrogen) atoms. The summed E-state index contributed by atoms with van der Waals surface area (Å²) in [5, 5.41) is 32.7. The van der Waals surface area contributed by atoms with E-state index in [0.717, 1.165) is 32.3 Å². The fraction of sp³-hybridized carbons (Fsp3) is 0. The maximum absolute atomic E-state index is 9.76. The molecule has 0 aliphatic carbocycles. The van der Waals surface area contributed by atoms with Gasteiger partial charge in [-0.15, -0.1) is 0 Å². The smallest absolute Gasteiger partial charge is 0.0537 e. The van der Waals surface area contributed by atoms with Crippen LogP contribution in [0.3, 0.4) is 0 Å². The third kappa shape index (κ3) is 1.30. The number of hydrogen-bond donors (Lipinski definition) is 0. The Morgan fingerprint density at radius 3 is 1.00 bits per heavy atom. The second kappa shape index (κ2) is 4.34. The second-order valence-electron chi connectivity index (χ2n) is 7.46. The molecule has 0 N–H and O–H groups in total. The first-order valence-corrected chi connectivity index (χ1v) is 9.15. The Hall–Kier alpha value is -4.28. The van der Waals surface area contributed by atoms with E-state index in [0.29, 0.717) is 11.4 Å². The van der Waals surface area contributed by atoms with Gasteiger partial charge in [-0.1, -0.05) is 48.5 Å². The van der Waals surface area contributed by atoms with Crippen molar-refractivity contribution in [3.05, 3.63) is 70.6 Å². The molecule has 0 unspecified atom stereocenters. The van der Waals surface area contributed by atoms with Gasteiger partial charge in [0.15, 0.2) is 9.95 Å². The fourth-order valence-electron chi connectivity index (χ4n) is 5.24. The Morgan fingerprint density at radius 2 is 0.679 bits per heavy atom. The van der Waals surface area contributed by atoms with Crippen molar-refractivity contribution in [3.8, 4) is 0 Å². The number of diazo groups is 2. The number of benzene rings is 7. The van der Waals surface area contributed by atoms with Crippen molar-refractivity contribution in [2.75, 3.05) is 0 Å². The summed E-state index contributed by atoms with van der Waals surface area (Å²) in [5.41, 5.74) is 0.601. The van der Waals surface area contributed by atoms with Crippen LogP contribution in [0.25, 0.3) is 74.6 Å². The molecule has 0 aliphatic rings. The molecule has 0 aromatic heterocycles. The summed E-state index contributed by atoms with van der Waals surface area (Å²) >= 11 is 0. The van der Waals surface area contributed by atoms with Gasteiger partial charge in [0.25, 0.3) is 0 Å². The molecule has 7 aromatic rings. The largest absolute Gasteiger partial charge is 0.487 e. The first-order chi connectivity index (χ1) is 13.8. The van der Waals surface area contributed by atoms with Crippen molar-refractivity contribution in [2.24, 2.45) is 0 Å². The van der Waals surface area contributed by atoms with E-state index in [1.165, 1.54) is 32.3 Å². The van der Waals surface area contributed by atoms with Crippen molar-refractivity contribution in [2.45, 2.75) is 0 Å². The van der Waals surface area contributed by atoms with E-state index in [9.17, 15) is 10.8 Å². The van der Waals surface area contributed by atoms with Crippen LogP contribution in [0.2, 0.25) is 0 Å². The Balaban J connectivity index is 2.07. The van der Waals surface area contributed by atoms with Crippen LogP contribution in [-0.4, -0.2) is 0 Å². The first kappa shape index (κ1) is 13.9. The molecule has 4 nitrogen and oxygen atoms in total. The van der Waals surface area contributed by atoms with Crippen LogP contribution < -0.4 is 0 Å². The molecule has 0 aliphatic heterocycles. The highest BCUT2D eigenvalue weighted by atomic mass is 14.9. The number of rotatable bonds is 0. The summed E-state index contributed by atoms with van der Waals surface area (Å²) in [5.74, 6) is 0. The van der Waals surface area contributed by atoms with Crippen molar-refractivity contribution in [3.63, 3.8) is 0 Å². The van der Waals surface area contributed by atoms with E-state index in [2.05, 4.69) is 46.4 Å². The summed E-state index contributed by atoms with van der Waals surface area (Å²) in [4.78, 5) is 7.02. The highest BCUT2D eigenvalue weighted by molar-refractivity contribution is 6.46. The summed E-state index contributed by atoms with van der Waals surface area (Å²) in [6.07, 6.45) is 0. The minimum atomic E-state index is 0.301. The predicted octanol–water partition coefficient (Wildman–Crippen LogP) is 7.89. The van der Waals surface area contributed by atoms with Crippen LogP contribution in [0.1, 0.15) is 0 Å². The van der Waals surface area contributed by atoms with Gasteiger partial charge in [-0.25, -0.2) is 0 Å². The molecule has 0 radical (unpaired) electrons. The quantitative estimate of drug-likeness (QED) is 0.158. The standard InChI is InChI=1S/C24H10N4/c25-27-23-15-9-7-13-5-3-11-1-2-12-4-6-14-8-10-16(24(23)28-26)22-20(14)18(12)17(11)19(13)21(15)22/h1-10H/q+2. The van der Waals surface area contributed by atoms with Gasteiger partial charge in [-0.2, -0.15) is 0 Å². The van der Waals surface area contributed by atoms with E-state index < -0.39 is 0 Å². The Labute approximate surface area is 157 Å². The maximum Gasteiger partial charge on any atom is 0.487 e. The molecule has 0 saturated carbocycles. The first-order valence-electron chi connectivity index (χ1n) is 9.15. The second-order valence-corrected chi connectivity index (χ2v) is 7.46. The third-order valence-electron chi connectivity index (χ3n) is 6.31. The molecule has 7 rings (SSSR count). The highest BCUT2D eigenvalue weighted by Crippen LogP contribution is 2.53. The van der Waals surface area contributed by atoms with Gasteiger partial charge in [0, 0.05) is 10.8 Å². The molecule has 7 aromatic carbocycles. The van der Waals surface area contributed by atoms with Gasteiger partial charge in [0.2, 0.25) is 10.8 Å². The van der Waals surface area contributed by atoms with E-state index in [1.807, 2.05) is 24.3 Å². The van der Waals surface area contributed by atoms with Crippen molar-refractivity contribution in [1.29, 1.82) is 10.8 Å². The van der Waals surface area contributed by atoms with Gasteiger partial charge >= 0.3 is 11.4 Å². The van der Waals surface area contributed by atoms with E-state index >= 15 is 0 Å². The Bertz CT molecular complexity index is 1690. The van der Waals surface area contributed by atoms with E-state index in [-0.39, 0.29) is 0 Å². The van der Waals surface area contributed by atoms with Gasteiger partial charge in [-0.05, 0) is 55.2 Å². The molecule has 0 saturated heterocycles. The predicted molar refractivity (Wildman–Crippen MR) is 115 cm³/mol. The lowest BCUT2D eigenvalue weighted by atomic mass is 9.82. The van der Waals surface area contributed by atoms with Crippen molar-refractivity contribution >= 4 is 76.0 Å². The van der Waals surface area contributed by atoms with E-state index in [1.54, 1.807) is 0 Å². The van der Waals surface area contributed by atoms with Crippen LogP contribution in [0.5, 0.6) is 0 Å². The fourth-order valence-corrected chi connectivity index (χ4v) is 5.24. The summed E-state index contributed by atoms with van der Waals surface area (Å²) in [6.45, 7) is 0. The van der Waals surface area contributed by atoms with Crippen molar-refractivity contribution < 1.29 is 0 Å². The van der Waals surface area contributed by atoms with Gasteiger partial charge < -0.3 is 0 Å². The average Bonchev–Trinajstić information content (AvgIpc) is 2.76. The SMILES string of the molecule is N#[N+]c1c([N+]#N)c2ccc3ccc4ccc5ccc6ccc1c1c6c5c4c3c21. The minimum absolute atomic E-state index is 0.301. The zero-order chi connectivity index (χ0) is 18.6. The lowest BCUT2D eigenvalue weighted by Crippen LogP contribution is -1.92. The molecule has 0 bridgehead atoms. The zero-order valence-electron chi connectivity index (χ0n) is 14.6.